The quantitative estimate of drug-likeness (QED) is 0.778. The number of thiazole rings is 1. The fraction of sp³-hybridized carbons (Fsp3) is 0.133. The molecule has 2 heterocycles. The van der Waals surface area contributed by atoms with E-state index in [1.165, 1.54) is 16.9 Å². The highest BCUT2D eigenvalue weighted by Crippen LogP contribution is 2.24. The van der Waals surface area contributed by atoms with Crippen molar-refractivity contribution < 1.29 is 0 Å². The van der Waals surface area contributed by atoms with Crippen LogP contribution >= 0.6 is 11.3 Å². The van der Waals surface area contributed by atoms with Crippen LogP contribution in [0.15, 0.2) is 40.5 Å². The van der Waals surface area contributed by atoms with Crippen LogP contribution in [-0.4, -0.2) is 15.2 Å². The van der Waals surface area contributed by atoms with E-state index in [0.717, 1.165) is 12.0 Å². The van der Waals surface area contributed by atoms with Crippen molar-refractivity contribution in [3.8, 4) is 22.5 Å². The largest absolute Gasteiger partial charge is 0.375 e. The lowest BCUT2D eigenvalue weighted by molar-refractivity contribution is 0.996. The summed E-state index contributed by atoms with van der Waals surface area (Å²) < 4.78 is 0. The number of hydrogen-bond acceptors (Lipinski definition) is 5. The monoisotopic (exact) mass is 298 g/mol. The Kier molecular flexibility index (Phi) is 3.53. The van der Waals surface area contributed by atoms with Crippen LogP contribution < -0.4 is 11.3 Å². The summed E-state index contributed by atoms with van der Waals surface area (Å²) in [4.78, 5) is 16.1. The number of rotatable bonds is 3. The van der Waals surface area contributed by atoms with E-state index in [1.807, 2.05) is 12.1 Å². The molecule has 0 saturated carbocycles. The smallest absolute Gasteiger partial charge is 0.273 e. The molecule has 0 amide bonds. The Balaban J connectivity index is 2.06. The van der Waals surface area contributed by atoms with Gasteiger partial charge in [0.05, 0.1) is 17.0 Å². The van der Waals surface area contributed by atoms with E-state index in [0.29, 0.717) is 22.1 Å². The number of nitrogens with zero attached hydrogens (tertiary/aromatic N) is 2. The van der Waals surface area contributed by atoms with Crippen molar-refractivity contribution in [1.82, 2.24) is 15.2 Å². The fourth-order valence-electron chi connectivity index (χ4n) is 2.07. The van der Waals surface area contributed by atoms with Gasteiger partial charge in [0.15, 0.2) is 5.13 Å². The van der Waals surface area contributed by atoms with E-state index < -0.39 is 0 Å². The summed E-state index contributed by atoms with van der Waals surface area (Å²) in [6, 6.07) is 9.86. The zero-order chi connectivity index (χ0) is 14.8. The number of hydrogen-bond donors (Lipinski definition) is 2. The molecular weight excluding hydrogens is 284 g/mol. The maximum Gasteiger partial charge on any atom is 0.273 e. The normalized spacial score (nSPS) is 10.7. The first-order chi connectivity index (χ1) is 10.2. The maximum absolute atomic E-state index is 11.9. The van der Waals surface area contributed by atoms with Crippen molar-refractivity contribution in [1.29, 1.82) is 0 Å². The minimum Gasteiger partial charge on any atom is -0.375 e. The third-order valence-electron chi connectivity index (χ3n) is 3.26. The van der Waals surface area contributed by atoms with Crippen LogP contribution in [0.1, 0.15) is 12.5 Å². The van der Waals surface area contributed by atoms with Crippen LogP contribution in [0.5, 0.6) is 0 Å². The standard InChI is InChI=1S/C15H14N4OS/c1-2-9-3-5-10(6-4-9)12-7-11(14(20)19-18-12)13-8-21-15(16)17-13/h3-8H,2H2,1H3,(H2,16,17)(H,19,20). The van der Waals surface area contributed by atoms with Crippen molar-refractivity contribution in [2.24, 2.45) is 0 Å². The zero-order valence-corrected chi connectivity index (χ0v) is 12.3. The molecule has 0 spiro atoms. The lowest BCUT2D eigenvalue weighted by Gasteiger charge is -2.03. The van der Waals surface area contributed by atoms with Crippen LogP contribution in [0.25, 0.3) is 22.5 Å². The first kappa shape index (κ1) is 13.5. The molecule has 106 valence electrons. The van der Waals surface area contributed by atoms with Crippen molar-refractivity contribution in [2.75, 3.05) is 5.73 Å². The molecule has 3 aromatic rings. The second-order valence-corrected chi connectivity index (χ2v) is 5.51. The van der Waals surface area contributed by atoms with Crippen LogP contribution in [0, 0.1) is 0 Å². The Hall–Kier alpha value is -2.47. The van der Waals surface area contributed by atoms with E-state index in [1.54, 1.807) is 11.4 Å². The summed E-state index contributed by atoms with van der Waals surface area (Å²) in [6.07, 6.45) is 0.989. The number of nitrogen functional groups attached to an aromatic ring is 1. The van der Waals surface area contributed by atoms with Crippen molar-refractivity contribution in [3.05, 3.63) is 51.6 Å². The lowest BCUT2D eigenvalue weighted by atomic mass is 10.1. The average molecular weight is 298 g/mol. The van der Waals surface area contributed by atoms with Crippen molar-refractivity contribution in [2.45, 2.75) is 13.3 Å². The van der Waals surface area contributed by atoms with E-state index in [9.17, 15) is 4.79 Å². The van der Waals surface area contributed by atoms with E-state index >= 15 is 0 Å². The van der Waals surface area contributed by atoms with Gasteiger partial charge in [-0.25, -0.2) is 10.1 Å². The fourth-order valence-corrected chi connectivity index (χ4v) is 2.63. The van der Waals surface area contributed by atoms with Gasteiger partial charge in [0.1, 0.15) is 0 Å². The Bertz CT molecular complexity index is 820. The number of aryl methyl sites for hydroxylation is 1. The lowest BCUT2D eigenvalue weighted by Crippen LogP contribution is -2.11. The number of benzene rings is 1. The number of aromatic nitrogens is 3. The van der Waals surface area contributed by atoms with Crippen molar-refractivity contribution >= 4 is 16.5 Å². The van der Waals surface area contributed by atoms with Gasteiger partial charge in [-0.3, -0.25) is 4.79 Å². The minimum atomic E-state index is -0.269. The van der Waals surface area contributed by atoms with E-state index in [4.69, 9.17) is 5.73 Å². The molecule has 6 heteroatoms. The molecule has 0 unspecified atom stereocenters. The third-order valence-corrected chi connectivity index (χ3v) is 3.93. The second kappa shape index (κ2) is 5.49. The van der Waals surface area contributed by atoms with Gasteiger partial charge in [0.25, 0.3) is 5.56 Å². The van der Waals surface area contributed by atoms with Gasteiger partial charge in [-0.15, -0.1) is 11.3 Å². The van der Waals surface area contributed by atoms with Gasteiger partial charge >= 0.3 is 0 Å². The molecule has 21 heavy (non-hydrogen) atoms. The molecule has 0 aliphatic rings. The molecular formula is C15H14N4OS. The highest BCUT2D eigenvalue weighted by molar-refractivity contribution is 7.13. The summed E-state index contributed by atoms with van der Waals surface area (Å²) in [5, 5.41) is 8.83. The number of aromatic amines is 1. The number of anilines is 1. The molecule has 0 atom stereocenters. The van der Waals surface area contributed by atoms with Crippen LogP contribution in [-0.2, 0) is 6.42 Å². The first-order valence-corrected chi connectivity index (χ1v) is 7.45. The number of H-pyrrole nitrogens is 1. The van der Waals surface area contributed by atoms with E-state index in [-0.39, 0.29) is 5.56 Å². The topological polar surface area (TPSA) is 84.7 Å². The predicted molar refractivity (Wildman–Crippen MR) is 85.2 cm³/mol. The SMILES string of the molecule is CCc1ccc(-c2cc(-c3csc(N)n3)c(=O)[nH]n2)cc1. The third kappa shape index (κ3) is 2.71. The Morgan fingerprint density at radius 2 is 2.00 bits per heavy atom. The van der Waals surface area contributed by atoms with E-state index in [2.05, 4.69) is 34.2 Å². The molecule has 1 aromatic carbocycles. The summed E-state index contributed by atoms with van der Waals surface area (Å²) in [5.41, 5.74) is 9.33. The predicted octanol–water partition coefficient (Wildman–Crippen LogP) is 2.71. The van der Waals surface area contributed by atoms with Gasteiger partial charge < -0.3 is 5.73 Å². The minimum absolute atomic E-state index is 0.269. The molecule has 3 N–H and O–H groups in total. The average Bonchev–Trinajstić information content (AvgIpc) is 2.94. The van der Waals surface area contributed by atoms with Crippen LogP contribution in [0.3, 0.4) is 0 Å². The molecule has 3 rings (SSSR count). The second-order valence-electron chi connectivity index (χ2n) is 4.62. The van der Waals surface area contributed by atoms with Crippen LogP contribution in [0.4, 0.5) is 5.13 Å². The highest BCUT2D eigenvalue weighted by Gasteiger charge is 2.10. The summed E-state index contributed by atoms with van der Waals surface area (Å²) in [5.74, 6) is 0. The zero-order valence-electron chi connectivity index (χ0n) is 11.5. The first-order valence-electron chi connectivity index (χ1n) is 6.58. The molecule has 0 saturated heterocycles. The Labute approximate surface area is 125 Å². The van der Waals surface area contributed by atoms with Gasteiger partial charge in [0.2, 0.25) is 0 Å². The molecule has 0 fully saturated rings. The van der Waals surface area contributed by atoms with Crippen molar-refractivity contribution in [3.63, 3.8) is 0 Å². The molecule has 0 aliphatic carbocycles. The molecule has 0 aliphatic heterocycles. The number of nitrogens with one attached hydrogen (secondary N) is 1. The number of nitrogens with two attached hydrogens (primary N) is 1. The van der Waals surface area contributed by atoms with Gasteiger partial charge in [-0.1, -0.05) is 31.2 Å². The summed E-state index contributed by atoms with van der Waals surface area (Å²) in [6.45, 7) is 2.11. The van der Waals surface area contributed by atoms with Gasteiger partial charge in [0, 0.05) is 10.9 Å². The van der Waals surface area contributed by atoms with Crippen LogP contribution in [0.2, 0.25) is 0 Å². The Morgan fingerprint density at radius 3 is 2.62 bits per heavy atom. The van der Waals surface area contributed by atoms with Gasteiger partial charge in [-0.2, -0.15) is 5.10 Å². The highest BCUT2D eigenvalue weighted by atomic mass is 32.1. The molecule has 2 aromatic heterocycles. The maximum atomic E-state index is 11.9. The molecule has 0 radical (unpaired) electrons. The molecule has 0 bridgehead atoms. The van der Waals surface area contributed by atoms with Gasteiger partial charge in [-0.05, 0) is 18.1 Å². The summed E-state index contributed by atoms with van der Waals surface area (Å²) >= 11 is 1.31. The Morgan fingerprint density at radius 1 is 1.24 bits per heavy atom. The summed E-state index contributed by atoms with van der Waals surface area (Å²) in [7, 11) is 0. The molecule has 5 nitrogen and oxygen atoms in total.